The maximum atomic E-state index is 12.1. The molecule has 5 heteroatoms. The van der Waals surface area contributed by atoms with Gasteiger partial charge in [-0.2, -0.15) is 0 Å². The molecule has 20 heavy (non-hydrogen) atoms. The minimum atomic E-state index is -0.0827. The third-order valence-corrected chi connectivity index (χ3v) is 2.90. The molecule has 106 valence electrons. The molecule has 2 N–H and O–H groups in total. The molecule has 0 saturated carbocycles. The van der Waals surface area contributed by atoms with Crippen LogP contribution in [0.25, 0.3) is 0 Å². The summed E-state index contributed by atoms with van der Waals surface area (Å²) < 4.78 is 10.7. The summed E-state index contributed by atoms with van der Waals surface area (Å²) in [5.41, 5.74) is 6.25. The Morgan fingerprint density at radius 1 is 1.30 bits per heavy atom. The molecule has 0 aliphatic heterocycles. The topological polar surface area (TPSA) is 68.7 Å². The number of nitrogens with zero attached hydrogens (tertiary/aromatic N) is 1. The molecule has 0 fully saturated rings. The van der Waals surface area contributed by atoms with Gasteiger partial charge in [0.25, 0.3) is 5.91 Å². The first-order valence-electron chi connectivity index (χ1n) is 6.47. The first-order valence-corrected chi connectivity index (χ1v) is 6.47. The van der Waals surface area contributed by atoms with Crippen molar-refractivity contribution in [2.24, 2.45) is 0 Å². The van der Waals surface area contributed by atoms with E-state index in [0.29, 0.717) is 24.5 Å². The van der Waals surface area contributed by atoms with Gasteiger partial charge in [0.05, 0.1) is 12.8 Å². The highest BCUT2D eigenvalue weighted by Gasteiger charge is 2.14. The fourth-order valence-electron chi connectivity index (χ4n) is 1.77. The Labute approximate surface area is 117 Å². The number of amides is 1. The number of carbonyl (C=O) groups excluding carboxylic acids is 1. The number of benzene rings is 1. The van der Waals surface area contributed by atoms with Gasteiger partial charge in [-0.25, -0.2) is 0 Å². The quantitative estimate of drug-likeness (QED) is 0.821. The average Bonchev–Trinajstić information content (AvgIpc) is 2.97. The number of rotatable bonds is 6. The number of nitrogen functional groups attached to an aromatic ring is 1. The number of furan rings is 1. The van der Waals surface area contributed by atoms with Gasteiger partial charge >= 0.3 is 0 Å². The van der Waals surface area contributed by atoms with Crippen LogP contribution in [0.2, 0.25) is 0 Å². The fraction of sp³-hybridized carbons (Fsp3) is 0.267. The molecule has 0 radical (unpaired) electrons. The number of ether oxygens (including phenoxy) is 1. The van der Waals surface area contributed by atoms with Crippen LogP contribution in [0.3, 0.4) is 0 Å². The number of hydrogen-bond donors (Lipinski definition) is 1. The third-order valence-electron chi connectivity index (χ3n) is 2.90. The molecule has 2 aromatic rings. The van der Waals surface area contributed by atoms with Gasteiger partial charge in [-0.3, -0.25) is 4.79 Å². The summed E-state index contributed by atoms with van der Waals surface area (Å²) in [6.07, 6.45) is 1.60. The zero-order chi connectivity index (χ0) is 14.4. The van der Waals surface area contributed by atoms with E-state index in [9.17, 15) is 4.79 Å². The molecule has 5 nitrogen and oxygen atoms in total. The summed E-state index contributed by atoms with van der Waals surface area (Å²) in [4.78, 5) is 13.8. The van der Waals surface area contributed by atoms with Gasteiger partial charge in [0.1, 0.15) is 11.5 Å². The van der Waals surface area contributed by atoms with Crippen LogP contribution in [0, 0.1) is 0 Å². The van der Waals surface area contributed by atoms with Gasteiger partial charge in [-0.1, -0.05) is 0 Å². The molecular weight excluding hydrogens is 256 g/mol. The Balaban J connectivity index is 1.87. The second-order valence-electron chi connectivity index (χ2n) is 4.34. The van der Waals surface area contributed by atoms with Crippen molar-refractivity contribution < 1.29 is 13.9 Å². The minimum Gasteiger partial charge on any atom is -0.484 e. The normalized spacial score (nSPS) is 10.2. The van der Waals surface area contributed by atoms with Crippen molar-refractivity contribution in [1.82, 2.24) is 4.90 Å². The lowest BCUT2D eigenvalue weighted by atomic mass is 10.3. The van der Waals surface area contributed by atoms with E-state index in [-0.39, 0.29) is 12.5 Å². The van der Waals surface area contributed by atoms with E-state index in [2.05, 4.69) is 0 Å². The summed E-state index contributed by atoms with van der Waals surface area (Å²) in [7, 11) is 0. The van der Waals surface area contributed by atoms with Crippen LogP contribution in [0.1, 0.15) is 12.7 Å². The molecule has 0 bridgehead atoms. The highest BCUT2D eigenvalue weighted by molar-refractivity contribution is 5.77. The van der Waals surface area contributed by atoms with Crippen molar-refractivity contribution in [2.75, 3.05) is 18.9 Å². The van der Waals surface area contributed by atoms with Crippen LogP contribution < -0.4 is 10.5 Å². The van der Waals surface area contributed by atoms with Crippen molar-refractivity contribution in [3.8, 4) is 5.75 Å². The Kier molecular flexibility index (Phi) is 4.65. The molecule has 1 amide bonds. The molecule has 0 saturated heterocycles. The molecule has 1 heterocycles. The average molecular weight is 274 g/mol. The second-order valence-corrected chi connectivity index (χ2v) is 4.34. The zero-order valence-electron chi connectivity index (χ0n) is 11.4. The molecule has 0 unspecified atom stereocenters. The summed E-state index contributed by atoms with van der Waals surface area (Å²) in [5, 5.41) is 0. The molecular formula is C15H18N2O3. The highest BCUT2D eigenvalue weighted by Crippen LogP contribution is 2.13. The van der Waals surface area contributed by atoms with E-state index in [1.807, 2.05) is 13.0 Å². The number of nitrogens with two attached hydrogens (primary N) is 1. The molecule has 1 aromatic carbocycles. The summed E-state index contributed by atoms with van der Waals surface area (Å²) in [6.45, 7) is 2.97. The van der Waals surface area contributed by atoms with Crippen molar-refractivity contribution in [2.45, 2.75) is 13.5 Å². The number of hydrogen-bond acceptors (Lipinski definition) is 4. The van der Waals surface area contributed by atoms with Gasteiger partial charge in [0.15, 0.2) is 6.61 Å². The lowest BCUT2D eigenvalue weighted by Crippen LogP contribution is -2.34. The Morgan fingerprint density at radius 2 is 2.05 bits per heavy atom. The first kappa shape index (κ1) is 14.0. The van der Waals surface area contributed by atoms with Crippen LogP contribution >= 0.6 is 0 Å². The lowest BCUT2D eigenvalue weighted by Gasteiger charge is -2.19. The van der Waals surface area contributed by atoms with Gasteiger partial charge in [0, 0.05) is 12.2 Å². The van der Waals surface area contributed by atoms with Gasteiger partial charge < -0.3 is 19.8 Å². The molecule has 2 rings (SSSR count). The first-order chi connectivity index (χ1) is 9.69. The monoisotopic (exact) mass is 274 g/mol. The molecule has 0 aliphatic carbocycles. The third kappa shape index (κ3) is 3.78. The molecule has 1 aromatic heterocycles. The van der Waals surface area contributed by atoms with Crippen LogP contribution in [-0.4, -0.2) is 24.0 Å². The minimum absolute atomic E-state index is 0.00152. The predicted molar refractivity (Wildman–Crippen MR) is 76.1 cm³/mol. The van der Waals surface area contributed by atoms with Crippen LogP contribution in [0.5, 0.6) is 5.75 Å². The molecule has 0 spiro atoms. The standard InChI is InChI=1S/C15H18N2O3/c1-2-17(10-14-4-3-9-19-14)15(18)11-20-13-7-5-12(16)6-8-13/h3-9H,2,10-11,16H2,1H3. The largest absolute Gasteiger partial charge is 0.484 e. The zero-order valence-corrected chi connectivity index (χ0v) is 11.4. The van der Waals surface area contributed by atoms with Crippen molar-refractivity contribution in [1.29, 1.82) is 0 Å². The Hall–Kier alpha value is -2.43. The number of anilines is 1. The van der Waals surface area contributed by atoms with E-state index in [4.69, 9.17) is 14.9 Å². The number of likely N-dealkylation sites (N-methyl/N-ethyl adjacent to an activating group) is 1. The van der Waals surface area contributed by atoms with E-state index >= 15 is 0 Å². The van der Waals surface area contributed by atoms with Crippen LogP contribution in [0.15, 0.2) is 47.1 Å². The van der Waals surface area contributed by atoms with Crippen molar-refractivity contribution in [3.05, 3.63) is 48.4 Å². The van der Waals surface area contributed by atoms with Crippen molar-refractivity contribution in [3.63, 3.8) is 0 Å². The van der Waals surface area contributed by atoms with Crippen molar-refractivity contribution >= 4 is 11.6 Å². The van der Waals surface area contributed by atoms with E-state index in [1.54, 1.807) is 41.5 Å². The predicted octanol–water partition coefficient (Wildman–Crippen LogP) is 2.29. The Bertz CT molecular complexity index is 535. The van der Waals surface area contributed by atoms with Gasteiger partial charge in [-0.15, -0.1) is 0 Å². The van der Waals surface area contributed by atoms with Gasteiger partial charge in [0.2, 0.25) is 0 Å². The second kappa shape index (κ2) is 6.65. The highest BCUT2D eigenvalue weighted by atomic mass is 16.5. The summed E-state index contributed by atoms with van der Waals surface area (Å²) >= 11 is 0. The van der Waals surface area contributed by atoms with Crippen LogP contribution in [0.4, 0.5) is 5.69 Å². The summed E-state index contributed by atoms with van der Waals surface area (Å²) in [6, 6.07) is 10.6. The molecule has 0 atom stereocenters. The maximum absolute atomic E-state index is 12.1. The van der Waals surface area contributed by atoms with Gasteiger partial charge in [-0.05, 0) is 43.3 Å². The smallest absolute Gasteiger partial charge is 0.260 e. The molecule has 0 aliphatic rings. The van der Waals surface area contributed by atoms with E-state index in [1.165, 1.54) is 0 Å². The maximum Gasteiger partial charge on any atom is 0.260 e. The van der Waals surface area contributed by atoms with E-state index < -0.39 is 0 Å². The van der Waals surface area contributed by atoms with Crippen LogP contribution in [-0.2, 0) is 11.3 Å². The lowest BCUT2D eigenvalue weighted by molar-refractivity contribution is -0.134. The fourth-order valence-corrected chi connectivity index (χ4v) is 1.77. The summed E-state index contributed by atoms with van der Waals surface area (Å²) in [5.74, 6) is 1.30. The van der Waals surface area contributed by atoms with E-state index in [0.717, 1.165) is 5.76 Å². The Morgan fingerprint density at radius 3 is 2.65 bits per heavy atom. The number of carbonyl (C=O) groups is 1. The SMILES string of the molecule is CCN(Cc1ccco1)C(=O)COc1ccc(N)cc1.